The third kappa shape index (κ3) is 4.29. The highest BCUT2D eigenvalue weighted by molar-refractivity contribution is 5.64. The van der Waals surface area contributed by atoms with E-state index in [1.807, 2.05) is 31.7 Å². The number of nitrogens with two attached hydrogens (primary N) is 2. The van der Waals surface area contributed by atoms with Crippen LogP contribution >= 0.6 is 0 Å². The van der Waals surface area contributed by atoms with Gasteiger partial charge in [-0.3, -0.25) is 0 Å². The van der Waals surface area contributed by atoms with Crippen molar-refractivity contribution in [1.82, 2.24) is 4.98 Å². The van der Waals surface area contributed by atoms with Gasteiger partial charge in [-0.15, -0.1) is 0 Å². The van der Waals surface area contributed by atoms with Crippen molar-refractivity contribution in [3.05, 3.63) is 17.8 Å². The van der Waals surface area contributed by atoms with Crippen molar-refractivity contribution in [3.63, 3.8) is 0 Å². The Hall–Kier alpha value is -1.80. The Labute approximate surface area is 103 Å². The van der Waals surface area contributed by atoms with Gasteiger partial charge >= 0.3 is 0 Å². The van der Waals surface area contributed by atoms with Crippen molar-refractivity contribution in [3.8, 4) is 6.07 Å². The molecule has 0 saturated carbocycles. The Balaban J connectivity index is 0.00000121. The van der Waals surface area contributed by atoms with Crippen molar-refractivity contribution in [2.75, 3.05) is 30.3 Å². The number of rotatable bonds is 4. The van der Waals surface area contributed by atoms with E-state index in [2.05, 4.69) is 4.98 Å². The summed E-state index contributed by atoms with van der Waals surface area (Å²) in [6.45, 7) is 8.06. The molecular weight excluding hydrogens is 214 g/mol. The van der Waals surface area contributed by atoms with Crippen molar-refractivity contribution < 1.29 is 0 Å². The third-order valence-electron chi connectivity index (χ3n) is 2.10. The summed E-state index contributed by atoms with van der Waals surface area (Å²) in [6, 6.07) is 3.62. The first-order chi connectivity index (χ1) is 8.22. The van der Waals surface area contributed by atoms with Gasteiger partial charge in [0.05, 0.1) is 11.3 Å². The number of nitrogen functional groups attached to an aromatic ring is 1. The standard InChI is InChI=1S/C10H15N5.C2H6/c1-2-15(4-3-11)10-9(13)5-8(6-12)7-14-10;1-2/h5,7H,2-4,11,13H2,1H3;1-2H3. The quantitative estimate of drug-likeness (QED) is 0.821. The lowest BCUT2D eigenvalue weighted by Gasteiger charge is -2.22. The summed E-state index contributed by atoms with van der Waals surface area (Å²) in [4.78, 5) is 6.14. The van der Waals surface area contributed by atoms with E-state index in [9.17, 15) is 0 Å². The third-order valence-corrected chi connectivity index (χ3v) is 2.10. The Morgan fingerprint density at radius 2 is 2.12 bits per heavy atom. The lowest BCUT2D eigenvalue weighted by atomic mass is 10.2. The van der Waals surface area contributed by atoms with Crippen molar-refractivity contribution >= 4 is 11.5 Å². The molecule has 1 rings (SSSR count). The highest BCUT2D eigenvalue weighted by atomic mass is 15.2. The Morgan fingerprint density at radius 3 is 2.53 bits per heavy atom. The number of nitrogens with zero attached hydrogens (tertiary/aromatic N) is 3. The van der Waals surface area contributed by atoms with Crippen LogP contribution in [0.15, 0.2) is 12.3 Å². The molecule has 0 bridgehead atoms. The molecular formula is C12H21N5. The predicted molar refractivity (Wildman–Crippen MR) is 71.7 cm³/mol. The first-order valence-corrected chi connectivity index (χ1v) is 5.83. The number of hydrogen-bond acceptors (Lipinski definition) is 5. The number of likely N-dealkylation sites (N-methyl/N-ethyl adjacent to an activating group) is 1. The minimum Gasteiger partial charge on any atom is -0.396 e. The average molecular weight is 235 g/mol. The Morgan fingerprint density at radius 1 is 1.47 bits per heavy atom. The van der Waals surface area contributed by atoms with E-state index in [1.54, 1.807) is 6.07 Å². The molecule has 17 heavy (non-hydrogen) atoms. The molecule has 4 N–H and O–H groups in total. The fourth-order valence-electron chi connectivity index (χ4n) is 1.37. The van der Waals surface area contributed by atoms with Crippen LogP contribution in [0.2, 0.25) is 0 Å². The molecule has 94 valence electrons. The summed E-state index contributed by atoms with van der Waals surface area (Å²) in [6.07, 6.45) is 1.52. The van der Waals surface area contributed by atoms with Crippen molar-refractivity contribution in [2.24, 2.45) is 5.73 Å². The maximum Gasteiger partial charge on any atom is 0.151 e. The molecule has 0 spiro atoms. The van der Waals surface area contributed by atoms with Gasteiger partial charge in [0.15, 0.2) is 5.82 Å². The van der Waals surface area contributed by atoms with Gasteiger partial charge in [-0.2, -0.15) is 5.26 Å². The normalized spacial score (nSPS) is 8.88. The first kappa shape index (κ1) is 15.2. The Bertz CT molecular complexity index is 370. The van der Waals surface area contributed by atoms with E-state index in [4.69, 9.17) is 16.7 Å². The van der Waals surface area contributed by atoms with Gasteiger partial charge in [-0.05, 0) is 13.0 Å². The molecule has 0 unspecified atom stereocenters. The Kier molecular flexibility index (Phi) is 7.48. The smallest absolute Gasteiger partial charge is 0.151 e. The number of nitriles is 1. The zero-order valence-corrected chi connectivity index (χ0v) is 10.8. The van der Waals surface area contributed by atoms with E-state index in [-0.39, 0.29) is 0 Å². The van der Waals surface area contributed by atoms with E-state index < -0.39 is 0 Å². The molecule has 5 heteroatoms. The molecule has 0 aromatic carbocycles. The summed E-state index contributed by atoms with van der Waals surface area (Å²) in [5.74, 6) is 0.696. The van der Waals surface area contributed by atoms with Gasteiger partial charge in [-0.1, -0.05) is 13.8 Å². The van der Waals surface area contributed by atoms with Gasteiger partial charge in [0, 0.05) is 25.8 Å². The maximum absolute atomic E-state index is 8.67. The first-order valence-electron chi connectivity index (χ1n) is 5.83. The molecule has 1 aromatic rings. The summed E-state index contributed by atoms with van der Waals surface area (Å²) in [7, 11) is 0. The minimum absolute atomic E-state index is 0.472. The SMILES string of the molecule is CC.CCN(CCN)c1ncc(C#N)cc1N. The van der Waals surface area contributed by atoms with Crippen molar-refractivity contribution in [1.29, 1.82) is 5.26 Å². The molecule has 1 aromatic heterocycles. The second kappa shape index (κ2) is 8.36. The van der Waals surface area contributed by atoms with E-state index in [0.717, 1.165) is 6.54 Å². The molecule has 0 aliphatic rings. The topological polar surface area (TPSA) is 92.0 Å². The van der Waals surface area contributed by atoms with Crippen LogP contribution in [0, 0.1) is 11.3 Å². The summed E-state index contributed by atoms with van der Waals surface area (Å²) in [5.41, 5.74) is 12.3. The highest BCUT2D eigenvalue weighted by Crippen LogP contribution is 2.20. The van der Waals surface area contributed by atoms with Crippen LogP contribution < -0.4 is 16.4 Å². The number of hydrogen-bond donors (Lipinski definition) is 2. The van der Waals surface area contributed by atoms with Gasteiger partial charge in [0.2, 0.25) is 0 Å². The number of pyridine rings is 1. The maximum atomic E-state index is 8.67. The molecule has 0 aliphatic heterocycles. The van der Waals surface area contributed by atoms with Gasteiger partial charge in [0.25, 0.3) is 0 Å². The van der Waals surface area contributed by atoms with Crippen LogP contribution in [-0.4, -0.2) is 24.6 Å². The molecule has 5 nitrogen and oxygen atoms in total. The zero-order chi connectivity index (χ0) is 13.3. The fourth-order valence-corrected chi connectivity index (χ4v) is 1.37. The van der Waals surface area contributed by atoms with E-state index in [0.29, 0.717) is 30.2 Å². The lowest BCUT2D eigenvalue weighted by Crippen LogP contribution is -2.30. The van der Waals surface area contributed by atoms with Crippen molar-refractivity contribution in [2.45, 2.75) is 20.8 Å². The van der Waals surface area contributed by atoms with Crippen LogP contribution in [0.4, 0.5) is 11.5 Å². The van der Waals surface area contributed by atoms with Crippen LogP contribution in [0.3, 0.4) is 0 Å². The number of anilines is 2. The van der Waals surface area contributed by atoms with Crippen LogP contribution in [0.5, 0.6) is 0 Å². The van der Waals surface area contributed by atoms with Gasteiger partial charge < -0.3 is 16.4 Å². The van der Waals surface area contributed by atoms with Crippen LogP contribution in [-0.2, 0) is 0 Å². The second-order valence-corrected chi connectivity index (χ2v) is 3.12. The van der Waals surface area contributed by atoms with Gasteiger partial charge in [-0.25, -0.2) is 4.98 Å². The van der Waals surface area contributed by atoms with Crippen LogP contribution in [0.25, 0.3) is 0 Å². The summed E-state index contributed by atoms with van der Waals surface area (Å²) >= 11 is 0. The average Bonchev–Trinajstić information content (AvgIpc) is 2.38. The molecule has 0 atom stereocenters. The largest absolute Gasteiger partial charge is 0.396 e. The minimum atomic E-state index is 0.472. The summed E-state index contributed by atoms with van der Waals surface area (Å²) in [5, 5.41) is 8.67. The fraction of sp³-hybridized carbons (Fsp3) is 0.500. The zero-order valence-electron chi connectivity index (χ0n) is 10.8. The second-order valence-electron chi connectivity index (χ2n) is 3.12. The highest BCUT2D eigenvalue weighted by Gasteiger charge is 2.09. The molecule has 0 radical (unpaired) electrons. The predicted octanol–water partition coefficient (Wildman–Crippen LogP) is 1.35. The van der Waals surface area contributed by atoms with E-state index >= 15 is 0 Å². The molecule has 1 heterocycles. The van der Waals surface area contributed by atoms with Gasteiger partial charge in [0.1, 0.15) is 6.07 Å². The lowest BCUT2D eigenvalue weighted by molar-refractivity contribution is 0.803. The monoisotopic (exact) mass is 235 g/mol. The molecule has 0 saturated heterocycles. The molecule has 0 aliphatic carbocycles. The van der Waals surface area contributed by atoms with Crippen LogP contribution in [0.1, 0.15) is 26.3 Å². The molecule has 0 fully saturated rings. The number of aromatic nitrogens is 1. The van der Waals surface area contributed by atoms with E-state index in [1.165, 1.54) is 6.20 Å². The summed E-state index contributed by atoms with van der Waals surface area (Å²) < 4.78 is 0. The molecule has 0 amide bonds.